The van der Waals surface area contributed by atoms with E-state index < -0.39 is 16.1 Å². The number of nitrogens with one attached hydrogen (secondary N) is 2. The largest absolute Gasteiger partial charge is 0.392 e. The fourth-order valence-electron chi connectivity index (χ4n) is 5.80. The minimum atomic E-state index is -3.38. The molecule has 1 amide bonds. The van der Waals surface area contributed by atoms with Crippen LogP contribution < -0.4 is 10.0 Å². The Bertz CT molecular complexity index is 943. The number of carbonyl (C=O) groups excluding carboxylic acids is 1. The molecule has 6 atom stereocenters. The number of amides is 1. The fraction of sp³-hybridized carbons (Fsp3) is 0.818. The van der Waals surface area contributed by atoms with Gasteiger partial charge in [0.2, 0.25) is 15.9 Å². The lowest BCUT2D eigenvalue weighted by Gasteiger charge is -2.53. The molecule has 3 aliphatic rings. The Balaban J connectivity index is 1.55. The Morgan fingerprint density at radius 1 is 1.35 bits per heavy atom. The van der Waals surface area contributed by atoms with Crippen LogP contribution in [0.1, 0.15) is 76.3 Å². The van der Waals surface area contributed by atoms with E-state index in [1.54, 1.807) is 0 Å². The van der Waals surface area contributed by atoms with Crippen molar-refractivity contribution in [2.75, 3.05) is 10.5 Å². The predicted molar refractivity (Wildman–Crippen MR) is 123 cm³/mol. The van der Waals surface area contributed by atoms with Crippen molar-refractivity contribution < 1.29 is 18.3 Å². The van der Waals surface area contributed by atoms with E-state index in [2.05, 4.69) is 28.9 Å². The van der Waals surface area contributed by atoms with Crippen LogP contribution in [0, 0.1) is 23.2 Å². The average Bonchev–Trinajstić information content (AvgIpc) is 3.39. The van der Waals surface area contributed by atoms with E-state index in [-0.39, 0.29) is 40.7 Å². The zero-order valence-corrected chi connectivity index (χ0v) is 20.5. The molecule has 7 nitrogen and oxygen atoms in total. The molecule has 0 radical (unpaired) electrons. The molecule has 3 aliphatic carbocycles. The topological polar surface area (TPSA) is 108 Å². The summed E-state index contributed by atoms with van der Waals surface area (Å²) in [5, 5.41) is 15.0. The van der Waals surface area contributed by atoms with Crippen molar-refractivity contribution in [3.05, 3.63) is 10.6 Å². The molecular formula is C22H35N3O4S2. The lowest BCUT2D eigenvalue weighted by molar-refractivity contribution is -0.134. The first kappa shape index (κ1) is 23.0. The summed E-state index contributed by atoms with van der Waals surface area (Å²) in [6.07, 6.45) is 4.64. The maximum absolute atomic E-state index is 12.6. The molecule has 0 aliphatic heterocycles. The summed E-state index contributed by atoms with van der Waals surface area (Å²) in [4.78, 5) is 18.4. The number of anilines is 1. The van der Waals surface area contributed by atoms with Crippen molar-refractivity contribution >= 4 is 32.4 Å². The number of aliphatic hydroxyl groups excluding tert-OH is 1. The van der Waals surface area contributed by atoms with E-state index in [9.17, 15) is 18.3 Å². The molecular weight excluding hydrogens is 434 g/mol. The summed E-state index contributed by atoms with van der Waals surface area (Å²) in [7, 11) is -3.38. The number of thiazole rings is 1. The molecule has 1 heterocycles. The second-order valence-electron chi connectivity index (χ2n) is 10.2. The number of hydrogen-bond donors (Lipinski definition) is 3. The smallest absolute Gasteiger partial charge is 0.234 e. The van der Waals surface area contributed by atoms with Gasteiger partial charge in [0, 0.05) is 22.8 Å². The number of hydrogen-bond acceptors (Lipinski definition) is 6. The Morgan fingerprint density at radius 2 is 2.06 bits per heavy atom. The molecule has 3 N–H and O–H groups in total. The third-order valence-electron chi connectivity index (χ3n) is 7.62. The van der Waals surface area contributed by atoms with E-state index in [0.29, 0.717) is 17.6 Å². The lowest BCUT2D eigenvalue weighted by atomic mass is 9.53. The highest BCUT2D eigenvalue weighted by Gasteiger charge is 2.54. The lowest BCUT2D eigenvalue weighted by Crippen LogP contribution is -2.53. The molecule has 1 aromatic heterocycles. The van der Waals surface area contributed by atoms with Gasteiger partial charge in [-0.1, -0.05) is 27.7 Å². The second kappa shape index (κ2) is 8.30. The molecule has 0 bridgehead atoms. The first-order chi connectivity index (χ1) is 14.5. The summed E-state index contributed by atoms with van der Waals surface area (Å²) < 4.78 is 27.0. The highest BCUT2D eigenvalue weighted by atomic mass is 32.2. The van der Waals surface area contributed by atoms with Gasteiger partial charge in [-0.3, -0.25) is 9.52 Å². The van der Waals surface area contributed by atoms with Gasteiger partial charge in [-0.05, 0) is 55.8 Å². The number of fused-ring (bicyclic) bond motifs is 2. The van der Waals surface area contributed by atoms with Gasteiger partial charge in [0.15, 0.2) is 5.13 Å². The number of aliphatic hydroxyl groups is 1. The summed E-state index contributed by atoms with van der Waals surface area (Å²) in [6.45, 7) is 8.09. The van der Waals surface area contributed by atoms with E-state index in [1.165, 1.54) is 11.3 Å². The van der Waals surface area contributed by atoms with Crippen LogP contribution in [-0.4, -0.2) is 42.3 Å². The van der Waals surface area contributed by atoms with Gasteiger partial charge in [-0.2, -0.15) is 0 Å². The van der Waals surface area contributed by atoms with Crippen molar-refractivity contribution in [3.8, 4) is 0 Å². The van der Waals surface area contributed by atoms with Crippen molar-refractivity contribution in [3.63, 3.8) is 0 Å². The molecule has 174 valence electrons. The first-order valence-corrected chi connectivity index (χ1v) is 14.0. The monoisotopic (exact) mass is 469 g/mol. The number of nitrogens with zero attached hydrogens (tertiary/aromatic N) is 1. The van der Waals surface area contributed by atoms with E-state index >= 15 is 0 Å². The number of rotatable bonds is 7. The molecule has 31 heavy (non-hydrogen) atoms. The van der Waals surface area contributed by atoms with Crippen LogP contribution in [0.4, 0.5) is 5.13 Å². The third kappa shape index (κ3) is 4.50. The Morgan fingerprint density at radius 3 is 2.71 bits per heavy atom. The highest BCUT2D eigenvalue weighted by molar-refractivity contribution is 7.92. The van der Waals surface area contributed by atoms with Crippen molar-refractivity contribution in [2.45, 2.75) is 84.3 Å². The third-order valence-corrected chi connectivity index (χ3v) is 10.2. The molecule has 4 rings (SSSR count). The van der Waals surface area contributed by atoms with Gasteiger partial charge < -0.3 is 10.4 Å². The van der Waals surface area contributed by atoms with Crippen LogP contribution in [0.5, 0.6) is 0 Å². The maximum atomic E-state index is 12.6. The predicted octanol–water partition coefficient (Wildman–Crippen LogP) is 3.26. The molecule has 2 saturated carbocycles. The minimum absolute atomic E-state index is 0.00266. The summed E-state index contributed by atoms with van der Waals surface area (Å²) in [6, 6.07) is 0.321. The zero-order chi connectivity index (χ0) is 22.6. The quantitative estimate of drug-likeness (QED) is 0.568. The molecule has 9 heteroatoms. The van der Waals surface area contributed by atoms with Gasteiger partial charge in [0.1, 0.15) is 0 Å². The van der Waals surface area contributed by atoms with Crippen LogP contribution in [0.3, 0.4) is 0 Å². The standard InChI is InChI=1S/C22H35N3O4S2/c1-5-10-31(28,29)25-21-24-18-13(3)17-19(26)15(12(2)20(27)23-14-6-7-14)8-9-22(17,4)11-16(18)30-21/h12-15,17,19,26H,5-11H2,1-4H3,(H,23,27)(H,24,25). The number of aromatic nitrogens is 1. The fourth-order valence-corrected chi connectivity index (χ4v) is 8.41. The molecule has 0 aromatic carbocycles. The maximum Gasteiger partial charge on any atom is 0.234 e. The number of sulfonamides is 1. The molecule has 0 spiro atoms. The SMILES string of the molecule is CCCS(=O)(=O)Nc1nc2c(s1)CC1(C)CCC(C(C)C(=O)NC3CC3)C(O)C1C2C. The van der Waals surface area contributed by atoms with Crippen LogP contribution in [0.2, 0.25) is 0 Å². The highest BCUT2D eigenvalue weighted by Crippen LogP contribution is 2.57. The van der Waals surface area contributed by atoms with Crippen molar-refractivity contribution in [2.24, 2.45) is 23.2 Å². The molecule has 1 aromatic rings. The average molecular weight is 470 g/mol. The Labute approximate surface area is 189 Å². The zero-order valence-electron chi connectivity index (χ0n) is 18.8. The van der Waals surface area contributed by atoms with Gasteiger partial charge in [-0.25, -0.2) is 13.4 Å². The summed E-state index contributed by atoms with van der Waals surface area (Å²) in [5.41, 5.74) is 0.817. The Hall–Kier alpha value is -1.19. The molecule has 2 fully saturated rings. The van der Waals surface area contributed by atoms with Gasteiger partial charge in [-0.15, -0.1) is 11.3 Å². The van der Waals surface area contributed by atoms with Crippen LogP contribution in [-0.2, 0) is 21.2 Å². The number of carbonyl (C=O) groups is 1. The van der Waals surface area contributed by atoms with Crippen molar-refractivity contribution in [1.29, 1.82) is 0 Å². The van der Waals surface area contributed by atoms with E-state index in [4.69, 9.17) is 0 Å². The van der Waals surface area contributed by atoms with Crippen LogP contribution in [0.15, 0.2) is 0 Å². The normalized spacial score (nSPS) is 33.8. The van der Waals surface area contributed by atoms with E-state index in [0.717, 1.165) is 42.7 Å². The van der Waals surface area contributed by atoms with Gasteiger partial charge in [0.05, 0.1) is 17.6 Å². The summed E-state index contributed by atoms with van der Waals surface area (Å²) >= 11 is 1.43. The molecule has 0 saturated heterocycles. The first-order valence-electron chi connectivity index (χ1n) is 11.5. The van der Waals surface area contributed by atoms with Gasteiger partial charge >= 0.3 is 0 Å². The van der Waals surface area contributed by atoms with Crippen LogP contribution in [0.25, 0.3) is 0 Å². The molecule has 6 unspecified atom stereocenters. The van der Waals surface area contributed by atoms with Gasteiger partial charge in [0.25, 0.3) is 0 Å². The van der Waals surface area contributed by atoms with E-state index in [1.807, 2.05) is 13.8 Å². The summed E-state index contributed by atoms with van der Waals surface area (Å²) in [5.74, 6) is -0.153. The minimum Gasteiger partial charge on any atom is -0.392 e. The van der Waals surface area contributed by atoms with Crippen molar-refractivity contribution in [1.82, 2.24) is 10.3 Å². The second-order valence-corrected chi connectivity index (χ2v) is 13.1. The van der Waals surface area contributed by atoms with Crippen LogP contribution >= 0.6 is 11.3 Å². The Kier molecular flexibility index (Phi) is 6.15.